The van der Waals surface area contributed by atoms with Gasteiger partial charge in [0.1, 0.15) is 0 Å². The molecule has 5 heteroatoms. The standard InChI is InChI=1S/C25H44O3S.H3N/c1-3-4-5-6-7-8-9-10-11-12-13-14-15-16-17-18-23-28-29(26,27)25-21-19-24(2)20-22-25;/h19-22H,3-18,23H2,1-2H3;1H3. The molecule has 4 nitrogen and oxygen atoms in total. The Morgan fingerprint density at radius 1 is 0.633 bits per heavy atom. The van der Waals surface area contributed by atoms with Gasteiger partial charge in [0.15, 0.2) is 0 Å². The van der Waals surface area contributed by atoms with E-state index in [9.17, 15) is 8.42 Å². The van der Waals surface area contributed by atoms with Crippen LogP contribution < -0.4 is 6.15 Å². The fourth-order valence-electron chi connectivity index (χ4n) is 3.59. The number of benzene rings is 1. The number of unbranched alkanes of at least 4 members (excludes halogenated alkanes) is 15. The number of rotatable bonds is 19. The Labute approximate surface area is 186 Å². The van der Waals surface area contributed by atoms with Crippen molar-refractivity contribution in [1.82, 2.24) is 6.15 Å². The molecule has 0 aliphatic heterocycles. The zero-order valence-corrected chi connectivity index (χ0v) is 20.5. The van der Waals surface area contributed by atoms with Crippen LogP contribution in [0.3, 0.4) is 0 Å². The van der Waals surface area contributed by atoms with Gasteiger partial charge in [0.2, 0.25) is 0 Å². The average molecular weight is 442 g/mol. The summed E-state index contributed by atoms with van der Waals surface area (Å²) in [6.07, 6.45) is 20.9. The highest BCUT2D eigenvalue weighted by molar-refractivity contribution is 7.86. The zero-order valence-electron chi connectivity index (χ0n) is 19.7. The van der Waals surface area contributed by atoms with Crippen molar-refractivity contribution in [2.45, 2.75) is 121 Å². The summed E-state index contributed by atoms with van der Waals surface area (Å²) >= 11 is 0. The summed E-state index contributed by atoms with van der Waals surface area (Å²) in [6.45, 7) is 4.50. The summed E-state index contributed by atoms with van der Waals surface area (Å²) in [5.74, 6) is 0. The van der Waals surface area contributed by atoms with Crippen LogP contribution in [-0.2, 0) is 14.3 Å². The Kier molecular flexibility index (Phi) is 18.3. The molecule has 0 spiro atoms. The van der Waals surface area contributed by atoms with E-state index in [0.717, 1.165) is 18.4 Å². The van der Waals surface area contributed by atoms with E-state index in [4.69, 9.17) is 4.18 Å². The lowest BCUT2D eigenvalue weighted by atomic mass is 10.0. The van der Waals surface area contributed by atoms with Crippen LogP contribution in [0.1, 0.15) is 115 Å². The lowest BCUT2D eigenvalue weighted by Gasteiger charge is -2.06. The van der Waals surface area contributed by atoms with Crippen molar-refractivity contribution >= 4 is 10.1 Å². The first-order valence-corrected chi connectivity index (χ1v) is 13.4. The van der Waals surface area contributed by atoms with Crippen molar-refractivity contribution in [1.29, 1.82) is 0 Å². The fraction of sp³-hybridized carbons (Fsp3) is 0.760. The van der Waals surface area contributed by atoms with Gasteiger partial charge in [-0.3, -0.25) is 4.18 Å². The van der Waals surface area contributed by atoms with E-state index in [1.54, 1.807) is 24.3 Å². The molecule has 0 radical (unpaired) electrons. The Hall–Kier alpha value is -0.910. The van der Waals surface area contributed by atoms with Crippen LogP contribution in [-0.4, -0.2) is 15.0 Å². The minimum atomic E-state index is -3.60. The van der Waals surface area contributed by atoms with Crippen molar-refractivity contribution in [3.63, 3.8) is 0 Å². The second kappa shape index (κ2) is 18.8. The largest absolute Gasteiger partial charge is 0.344 e. The quantitative estimate of drug-likeness (QED) is 0.174. The Bertz CT molecular complexity index is 599. The highest BCUT2D eigenvalue weighted by atomic mass is 32.2. The van der Waals surface area contributed by atoms with Crippen molar-refractivity contribution in [3.05, 3.63) is 29.8 Å². The van der Waals surface area contributed by atoms with E-state index < -0.39 is 10.1 Å². The van der Waals surface area contributed by atoms with E-state index in [1.165, 1.54) is 89.9 Å². The summed E-state index contributed by atoms with van der Waals surface area (Å²) < 4.78 is 29.3. The Morgan fingerprint density at radius 3 is 1.40 bits per heavy atom. The second-order valence-corrected chi connectivity index (χ2v) is 10.0. The molecule has 176 valence electrons. The van der Waals surface area contributed by atoms with Crippen LogP contribution in [0.25, 0.3) is 0 Å². The van der Waals surface area contributed by atoms with Gasteiger partial charge in [-0.25, -0.2) is 0 Å². The highest BCUT2D eigenvalue weighted by Gasteiger charge is 2.14. The van der Waals surface area contributed by atoms with Gasteiger partial charge in [0, 0.05) is 0 Å². The molecule has 0 atom stereocenters. The van der Waals surface area contributed by atoms with Crippen LogP contribution in [0.15, 0.2) is 29.2 Å². The predicted molar refractivity (Wildman–Crippen MR) is 129 cm³/mol. The first-order valence-electron chi connectivity index (χ1n) is 12.0. The molecule has 0 bridgehead atoms. The third-order valence-electron chi connectivity index (χ3n) is 5.55. The van der Waals surface area contributed by atoms with Gasteiger partial charge in [-0.2, -0.15) is 8.42 Å². The van der Waals surface area contributed by atoms with E-state index in [1.807, 2.05) is 6.92 Å². The molecule has 0 aromatic heterocycles. The molecular weight excluding hydrogens is 394 g/mol. The van der Waals surface area contributed by atoms with E-state index in [2.05, 4.69) is 6.92 Å². The maximum atomic E-state index is 12.1. The summed E-state index contributed by atoms with van der Waals surface area (Å²) in [4.78, 5) is 0.250. The van der Waals surface area contributed by atoms with Gasteiger partial charge in [-0.1, -0.05) is 121 Å². The van der Waals surface area contributed by atoms with Crippen LogP contribution in [0.2, 0.25) is 0 Å². The summed E-state index contributed by atoms with van der Waals surface area (Å²) in [5.41, 5.74) is 1.04. The maximum absolute atomic E-state index is 12.1. The lowest BCUT2D eigenvalue weighted by molar-refractivity contribution is 0.306. The molecule has 0 fully saturated rings. The smallest absolute Gasteiger partial charge is 0.296 e. The number of hydrogen-bond donors (Lipinski definition) is 1. The van der Waals surface area contributed by atoms with Crippen molar-refractivity contribution in [3.8, 4) is 0 Å². The first kappa shape index (κ1) is 29.1. The van der Waals surface area contributed by atoms with Gasteiger partial charge in [-0.15, -0.1) is 0 Å². The van der Waals surface area contributed by atoms with Crippen LogP contribution >= 0.6 is 0 Å². The second-order valence-electron chi connectivity index (χ2n) is 8.39. The maximum Gasteiger partial charge on any atom is 0.296 e. The molecule has 0 aliphatic carbocycles. The zero-order chi connectivity index (χ0) is 21.2. The summed E-state index contributed by atoms with van der Waals surface area (Å²) in [5, 5.41) is 0. The van der Waals surface area contributed by atoms with Crippen molar-refractivity contribution in [2.75, 3.05) is 6.61 Å². The van der Waals surface area contributed by atoms with Gasteiger partial charge in [0.25, 0.3) is 10.1 Å². The molecule has 0 saturated carbocycles. The highest BCUT2D eigenvalue weighted by Crippen LogP contribution is 2.15. The van der Waals surface area contributed by atoms with Crippen LogP contribution in [0, 0.1) is 6.92 Å². The molecule has 3 N–H and O–H groups in total. The predicted octanol–water partition coefficient (Wildman–Crippen LogP) is 8.12. The topological polar surface area (TPSA) is 78.4 Å². The van der Waals surface area contributed by atoms with E-state index >= 15 is 0 Å². The van der Waals surface area contributed by atoms with Crippen molar-refractivity contribution in [2.24, 2.45) is 0 Å². The number of aryl methyl sites for hydroxylation is 1. The number of hydrogen-bond acceptors (Lipinski definition) is 4. The normalized spacial score (nSPS) is 11.4. The molecule has 0 amide bonds. The summed E-state index contributed by atoms with van der Waals surface area (Å²) in [6, 6.07) is 6.81. The first-order chi connectivity index (χ1) is 14.1. The third-order valence-corrected chi connectivity index (χ3v) is 6.87. The molecule has 0 unspecified atom stereocenters. The Morgan fingerprint density at radius 2 is 1.00 bits per heavy atom. The van der Waals surface area contributed by atoms with Gasteiger partial charge >= 0.3 is 0 Å². The molecular formula is C25H47NO3S. The molecule has 0 aliphatic rings. The van der Waals surface area contributed by atoms with Crippen LogP contribution in [0.4, 0.5) is 0 Å². The SMILES string of the molecule is CCCCCCCCCCCCCCCCCCOS(=O)(=O)c1ccc(C)cc1.N. The Balaban J connectivity index is 0.00000841. The van der Waals surface area contributed by atoms with Gasteiger partial charge < -0.3 is 6.15 Å². The molecule has 1 rings (SSSR count). The lowest BCUT2D eigenvalue weighted by Crippen LogP contribution is -2.07. The average Bonchev–Trinajstić information content (AvgIpc) is 2.70. The fourth-order valence-corrected chi connectivity index (χ4v) is 4.53. The third kappa shape index (κ3) is 15.0. The minimum absolute atomic E-state index is 0. The summed E-state index contributed by atoms with van der Waals surface area (Å²) in [7, 11) is -3.60. The van der Waals surface area contributed by atoms with Crippen molar-refractivity contribution < 1.29 is 12.6 Å². The molecule has 0 heterocycles. The molecule has 30 heavy (non-hydrogen) atoms. The monoisotopic (exact) mass is 441 g/mol. The molecule has 0 saturated heterocycles. The molecule has 1 aromatic rings. The van der Waals surface area contributed by atoms with Gasteiger partial charge in [-0.05, 0) is 25.5 Å². The van der Waals surface area contributed by atoms with E-state index in [-0.39, 0.29) is 17.7 Å². The van der Waals surface area contributed by atoms with Gasteiger partial charge in [0.05, 0.1) is 11.5 Å². The minimum Gasteiger partial charge on any atom is -0.344 e. The molecule has 1 aromatic carbocycles. The van der Waals surface area contributed by atoms with E-state index in [0.29, 0.717) is 0 Å². The van der Waals surface area contributed by atoms with Crippen LogP contribution in [0.5, 0.6) is 0 Å².